The molecule has 2 bridgehead atoms. The quantitative estimate of drug-likeness (QED) is 0.818. The lowest BCUT2D eigenvalue weighted by molar-refractivity contribution is 0.0952. The van der Waals surface area contributed by atoms with Crippen LogP contribution < -0.4 is 4.74 Å². The van der Waals surface area contributed by atoms with Crippen LogP contribution in [0.3, 0.4) is 0 Å². The van der Waals surface area contributed by atoms with Crippen molar-refractivity contribution >= 4 is 10.0 Å². The van der Waals surface area contributed by atoms with Crippen molar-refractivity contribution in [2.75, 3.05) is 0 Å². The fourth-order valence-corrected chi connectivity index (χ4v) is 5.92. The number of ether oxygens (including phenoxy) is 1. The molecule has 2 atom stereocenters. The van der Waals surface area contributed by atoms with Crippen molar-refractivity contribution in [3.8, 4) is 5.75 Å². The molecule has 0 aliphatic carbocycles. The molecule has 3 heterocycles. The maximum Gasteiger partial charge on any atom is 0.246 e. The predicted octanol–water partition coefficient (Wildman–Crippen LogP) is 3.12. The van der Waals surface area contributed by atoms with Crippen molar-refractivity contribution in [1.82, 2.24) is 9.29 Å². The third-order valence-corrected chi connectivity index (χ3v) is 7.05. The molecule has 8 heteroatoms. The van der Waals surface area contributed by atoms with Gasteiger partial charge in [0.2, 0.25) is 10.0 Å². The van der Waals surface area contributed by atoms with Crippen LogP contribution in [0.15, 0.2) is 47.6 Å². The van der Waals surface area contributed by atoms with Gasteiger partial charge in [0.05, 0.1) is 6.20 Å². The first-order valence-corrected chi connectivity index (χ1v) is 9.94. The molecule has 2 aliphatic rings. The van der Waals surface area contributed by atoms with E-state index in [1.54, 1.807) is 18.5 Å². The molecule has 138 valence electrons. The second-order valence-corrected chi connectivity index (χ2v) is 8.51. The lowest BCUT2D eigenvalue weighted by Crippen LogP contribution is -2.49. The molecular weight excluding hydrogens is 362 g/mol. The summed E-state index contributed by atoms with van der Waals surface area (Å²) < 4.78 is 60.4. The average molecular weight is 380 g/mol. The van der Waals surface area contributed by atoms with Crippen molar-refractivity contribution in [3.63, 3.8) is 0 Å². The average Bonchev–Trinajstić information content (AvgIpc) is 2.88. The van der Waals surface area contributed by atoms with Crippen LogP contribution in [0.2, 0.25) is 0 Å². The molecule has 0 N–H and O–H groups in total. The highest BCUT2D eigenvalue weighted by Crippen LogP contribution is 2.41. The standard InChI is InChI=1S/C18H18F2N2O3S/c19-12-3-6-18(17(20)8-12)26(23,24)22-13-4-5-14(22)10-16(9-13)25-15-2-1-7-21-11-15/h1-3,6-8,11,13-14,16H,4-5,9-10H2. The van der Waals surface area contributed by atoms with Gasteiger partial charge in [-0.1, -0.05) is 0 Å². The number of halogens is 2. The molecule has 0 saturated carbocycles. The third kappa shape index (κ3) is 3.07. The van der Waals surface area contributed by atoms with E-state index in [4.69, 9.17) is 4.74 Å². The Bertz CT molecular complexity index is 894. The van der Waals surface area contributed by atoms with E-state index in [-0.39, 0.29) is 18.2 Å². The van der Waals surface area contributed by atoms with Crippen LogP contribution in [0.25, 0.3) is 0 Å². The molecule has 5 nitrogen and oxygen atoms in total. The molecule has 0 amide bonds. The first-order chi connectivity index (χ1) is 12.4. The zero-order chi connectivity index (χ0) is 18.3. The van der Waals surface area contributed by atoms with Gasteiger partial charge in [-0.15, -0.1) is 0 Å². The minimum absolute atomic E-state index is 0.110. The van der Waals surface area contributed by atoms with Gasteiger partial charge in [0.25, 0.3) is 0 Å². The zero-order valence-corrected chi connectivity index (χ0v) is 14.7. The summed E-state index contributed by atoms with van der Waals surface area (Å²) in [5.74, 6) is -1.20. The van der Waals surface area contributed by atoms with E-state index in [9.17, 15) is 17.2 Å². The number of nitrogens with zero attached hydrogens (tertiary/aromatic N) is 2. The van der Waals surface area contributed by atoms with Crippen molar-refractivity contribution in [3.05, 3.63) is 54.4 Å². The summed E-state index contributed by atoms with van der Waals surface area (Å²) in [5.41, 5.74) is 0. The smallest absolute Gasteiger partial charge is 0.246 e. The molecule has 1 aromatic carbocycles. The van der Waals surface area contributed by atoms with Crippen molar-refractivity contribution in [1.29, 1.82) is 0 Å². The van der Waals surface area contributed by atoms with Crippen LogP contribution in [0.5, 0.6) is 5.75 Å². The van der Waals surface area contributed by atoms with E-state index >= 15 is 0 Å². The molecule has 2 aromatic rings. The van der Waals surface area contributed by atoms with Crippen LogP contribution in [0.1, 0.15) is 25.7 Å². The zero-order valence-electron chi connectivity index (χ0n) is 13.9. The Labute approximate surface area is 150 Å². The monoisotopic (exact) mass is 380 g/mol. The summed E-state index contributed by atoms with van der Waals surface area (Å²) in [7, 11) is -4.02. The minimum Gasteiger partial charge on any atom is -0.489 e. The number of hydrogen-bond donors (Lipinski definition) is 0. The topological polar surface area (TPSA) is 59.5 Å². The first kappa shape index (κ1) is 17.4. The number of aromatic nitrogens is 1. The van der Waals surface area contributed by atoms with E-state index in [0.717, 1.165) is 12.1 Å². The highest BCUT2D eigenvalue weighted by molar-refractivity contribution is 7.89. The van der Waals surface area contributed by atoms with E-state index in [1.165, 1.54) is 4.31 Å². The van der Waals surface area contributed by atoms with Gasteiger partial charge < -0.3 is 4.74 Å². The minimum atomic E-state index is -4.02. The summed E-state index contributed by atoms with van der Waals surface area (Å²) in [6, 6.07) is 5.67. The summed E-state index contributed by atoms with van der Waals surface area (Å²) in [6.07, 6.45) is 5.66. The Balaban J connectivity index is 1.56. The molecular formula is C18H18F2N2O3S. The molecule has 2 unspecified atom stereocenters. The van der Waals surface area contributed by atoms with E-state index < -0.39 is 26.6 Å². The molecule has 2 fully saturated rings. The summed E-state index contributed by atoms with van der Waals surface area (Å²) in [5, 5.41) is 0. The van der Waals surface area contributed by atoms with Crippen molar-refractivity contribution < 1.29 is 21.9 Å². The molecule has 4 rings (SSSR count). The van der Waals surface area contributed by atoms with Crippen LogP contribution in [0, 0.1) is 11.6 Å². The van der Waals surface area contributed by atoms with Gasteiger partial charge in [-0.3, -0.25) is 4.98 Å². The number of rotatable bonds is 4. The fraction of sp³-hybridized carbons (Fsp3) is 0.389. The maximum absolute atomic E-state index is 14.1. The van der Waals surface area contributed by atoms with E-state index in [1.807, 2.05) is 6.07 Å². The molecule has 0 radical (unpaired) electrons. The van der Waals surface area contributed by atoms with Gasteiger partial charge >= 0.3 is 0 Å². The van der Waals surface area contributed by atoms with E-state index in [2.05, 4.69) is 4.98 Å². The number of benzene rings is 1. The summed E-state index contributed by atoms with van der Waals surface area (Å²) >= 11 is 0. The van der Waals surface area contributed by atoms with Gasteiger partial charge in [0.1, 0.15) is 28.4 Å². The maximum atomic E-state index is 14.1. The third-order valence-electron chi connectivity index (χ3n) is 5.01. The SMILES string of the molecule is O=S(=O)(c1ccc(F)cc1F)N1C2CCC1CC(Oc1cccnc1)C2. The Morgan fingerprint density at radius 2 is 1.85 bits per heavy atom. The predicted molar refractivity (Wildman–Crippen MR) is 90.1 cm³/mol. The van der Waals surface area contributed by atoms with Crippen molar-refractivity contribution in [2.45, 2.75) is 48.8 Å². The highest BCUT2D eigenvalue weighted by atomic mass is 32.2. The molecule has 26 heavy (non-hydrogen) atoms. The Hall–Kier alpha value is -2.06. The number of hydrogen-bond acceptors (Lipinski definition) is 4. The molecule has 2 saturated heterocycles. The second-order valence-electron chi connectivity index (χ2n) is 6.69. The largest absolute Gasteiger partial charge is 0.489 e. The highest BCUT2D eigenvalue weighted by Gasteiger charge is 2.48. The number of pyridine rings is 1. The fourth-order valence-electron chi connectivity index (χ4n) is 3.98. The normalized spacial score (nSPS) is 26.0. The second kappa shape index (κ2) is 6.59. The van der Waals surface area contributed by atoms with Gasteiger partial charge in [-0.25, -0.2) is 17.2 Å². The van der Waals surface area contributed by atoms with Crippen LogP contribution in [0.4, 0.5) is 8.78 Å². The first-order valence-electron chi connectivity index (χ1n) is 8.50. The Morgan fingerprint density at radius 1 is 1.12 bits per heavy atom. The summed E-state index contributed by atoms with van der Waals surface area (Å²) in [4.78, 5) is 3.54. The van der Waals surface area contributed by atoms with Crippen molar-refractivity contribution in [2.24, 2.45) is 0 Å². The lowest BCUT2D eigenvalue weighted by Gasteiger charge is -2.37. The van der Waals surface area contributed by atoms with Gasteiger partial charge in [-0.05, 0) is 37.1 Å². The van der Waals surface area contributed by atoms with Gasteiger partial charge in [-0.2, -0.15) is 4.31 Å². The lowest BCUT2D eigenvalue weighted by atomic mass is 10.0. The van der Waals surface area contributed by atoms with Gasteiger partial charge in [0.15, 0.2) is 0 Å². The van der Waals surface area contributed by atoms with Crippen LogP contribution in [-0.2, 0) is 10.0 Å². The van der Waals surface area contributed by atoms with Gasteiger partial charge in [0, 0.05) is 37.2 Å². The van der Waals surface area contributed by atoms with Crippen LogP contribution in [-0.4, -0.2) is 35.9 Å². The Kier molecular flexibility index (Phi) is 4.40. The number of fused-ring (bicyclic) bond motifs is 2. The van der Waals surface area contributed by atoms with E-state index in [0.29, 0.717) is 37.5 Å². The molecule has 2 aliphatic heterocycles. The number of sulfonamides is 1. The summed E-state index contributed by atoms with van der Waals surface area (Å²) in [6.45, 7) is 0. The van der Waals surface area contributed by atoms with Crippen LogP contribution >= 0.6 is 0 Å². The molecule has 0 spiro atoms. The number of piperidine rings is 1. The molecule has 1 aromatic heterocycles. The Morgan fingerprint density at radius 3 is 2.46 bits per heavy atom.